The van der Waals surface area contributed by atoms with Crippen molar-refractivity contribution in [3.05, 3.63) is 59.7 Å². The van der Waals surface area contributed by atoms with Crippen molar-refractivity contribution in [3.8, 4) is 11.5 Å². The fourth-order valence-corrected chi connectivity index (χ4v) is 4.54. The first kappa shape index (κ1) is 21.7. The summed E-state index contributed by atoms with van der Waals surface area (Å²) < 4.78 is 17.2. The van der Waals surface area contributed by atoms with Crippen LogP contribution in [-0.4, -0.2) is 33.0 Å². The Labute approximate surface area is 175 Å². The van der Waals surface area contributed by atoms with Crippen LogP contribution in [0.25, 0.3) is 0 Å². The van der Waals surface area contributed by atoms with Crippen LogP contribution in [0.5, 0.6) is 11.5 Å². The molecule has 0 amide bonds. The molecule has 1 aliphatic heterocycles. The fourth-order valence-electron chi connectivity index (χ4n) is 4.54. The van der Waals surface area contributed by atoms with Gasteiger partial charge in [0.25, 0.3) is 0 Å². The SMILES string of the molecule is CC[C@@]1(C)C[C@](CCNCc2ccc(OC)cc2)(c2ccccc2OC)CCO1. The summed E-state index contributed by atoms with van der Waals surface area (Å²) >= 11 is 0. The van der Waals surface area contributed by atoms with Crippen molar-refractivity contribution in [1.29, 1.82) is 0 Å². The molecule has 1 heterocycles. The molecule has 0 bridgehead atoms. The quantitative estimate of drug-likeness (QED) is 0.598. The number of hydrogen-bond acceptors (Lipinski definition) is 4. The summed E-state index contributed by atoms with van der Waals surface area (Å²) in [5, 5.41) is 3.64. The Bertz CT molecular complexity index is 776. The van der Waals surface area contributed by atoms with Gasteiger partial charge in [0, 0.05) is 24.1 Å². The number of para-hydroxylation sites is 1. The van der Waals surface area contributed by atoms with E-state index in [0.717, 1.165) is 56.9 Å². The average molecular weight is 398 g/mol. The molecule has 1 aliphatic rings. The first-order valence-corrected chi connectivity index (χ1v) is 10.7. The number of hydrogen-bond donors (Lipinski definition) is 1. The highest BCUT2D eigenvalue weighted by Crippen LogP contribution is 2.47. The molecule has 0 spiro atoms. The van der Waals surface area contributed by atoms with Crippen LogP contribution >= 0.6 is 0 Å². The molecule has 0 aliphatic carbocycles. The van der Waals surface area contributed by atoms with Gasteiger partial charge in [-0.05, 0) is 62.9 Å². The molecule has 1 N–H and O–H groups in total. The van der Waals surface area contributed by atoms with Gasteiger partial charge < -0.3 is 19.5 Å². The summed E-state index contributed by atoms with van der Waals surface area (Å²) in [6.07, 6.45) is 4.11. The third kappa shape index (κ3) is 5.12. The summed E-state index contributed by atoms with van der Waals surface area (Å²) in [7, 11) is 3.47. The molecule has 0 saturated carbocycles. The fraction of sp³-hybridized carbons (Fsp3) is 0.520. The predicted molar refractivity (Wildman–Crippen MR) is 118 cm³/mol. The van der Waals surface area contributed by atoms with Crippen molar-refractivity contribution in [1.82, 2.24) is 5.32 Å². The van der Waals surface area contributed by atoms with E-state index in [2.05, 4.69) is 55.6 Å². The van der Waals surface area contributed by atoms with Gasteiger partial charge in [-0.2, -0.15) is 0 Å². The van der Waals surface area contributed by atoms with E-state index in [1.54, 1.807) is 14.2 Å². The number of nitrogens with one attached hydrogen (secondary N) is 1. The average Bonchev–Trinajstić information content (AvgIpc) is 2.77. The molecule has 0 aromatic heterocycles. The van der Waals surface area contributed by atoms with Crippen molar-refractivity contribution in [2.75, 3.05) is 27.4 Å². The van der Waals surface area contributed by atoms with E-state index in [1.165, 1.54) is 11.1 Å². The highest BCUT2D eigenvalue weighted by atomic mass is 16.5. The van der Waals surface area contributed by atoms with E-state index in [0.29, 0.717) is 0 Å². The number of ether oxygens (including phenoxy) is 3. The van der Waals surface area contributed by atoms with Crippen LogP contribution in [0.4, 0.5) is 0 Å². The van der Waals surface area contributed by atoms with Crippen molar-refractivity contribution >= 4 is 0 Å². The summed E-state index contributed by atoms with van der Waals surface area (Å²) in [5.74, 6) is 1.88. The van der Waals surface area contributed by atoms with E-state index in [9.17, 15) is 0 Å². The molecule has 29 heavy (non-hydrogen) atoms. The molecular weight excluding hydrogens is 362 g/mol. The van der Waals surface area contributed by atoms with Crippen LogP contribution in [0.3, 0.4) is 0 Å². The molecule has 1 saturated heterocycles. The molecule has 3 rings (SSSR count). The lowest BCUT2D eigenvalue weighted by molar-refractivity contribution is -0.0982. The number of rotatable bonds is 9. The zero-order valence-corrected chi connectivity index (χ0v) is 18.3. The van der Waals surface area contributed by atoms with Gasteiger partial charge in [-0.25, -0.2) is 0 Å². The lowest BCUT2D eigenvalue weighted by atomic mass is 9.66. The third-order valence-corrected chi connectivity index (χ3v) is 6.44. The van der Waals surface area contributed by atoms with Gasteiger partial charge in [0.2, 0.25) is 0 Å². The zero-order chi connectivity index (χ0) is 20.7. The lowest BCUT2D eigenvalue weighted by Crippen LogP contribution is -2.46. The normalized spacial score (nSPS) is 24.3. The highest BCUT2D eigenvalue weighted by Gasteiger charge is 2.44. The first-order chi connectivity index (χ1) is 14.0. The van der Waals surface area contributed by atoms with Gasteiger partial charge in [0.1, 0.15) is 11.5 Å². The van der Waals surface area contributed by atoms with Crippen molar-refractivity contribution in [2.24, 2.45) is 0 Å². The Hall–Kier alpha value is -2.04. The van der Waals surface area contributed by atoms with Gasteiger partial charge >= 0.3 is 0 Å². The monoisotopic (exact) mass is 397 g/mol. The largest absolute Gasteiger partial charge is 0.497 e. The van der Waals surface area contributed by atoms with Gasteiger partial charge in [0.15, 0.2) is 0 Å². The maximum absolute atomic E-state index is 6.19. The Balaban J connectivity index is 1.73. The Morgan fingerprint density at radius 2 is 1.79 bits per heavy atom. The first-order valence-electron chi connectivity index (χ1n) is 10.7. The van der Waals surface area contributed by atoms with E-state index in [4.69, 9.17) is 14.2 Å². The van der Waals surface area contributed by atoms with E-state index < -0.39 is 0 Å². The maximum atomic E-state index is 6.19. The highest BCUT2D eigenvalue weighted by molar-refractivity contribution is 5.40. The van der Waals surface area contributed by atoms with Crippen LogP contribution in [0.2, 0.25) is 0 Å². The molecule has 2 aromatic rings. The third-order valence-electron chi connectivity index (χ3n) is 6.44. The van der Waals surface area contributed by atoms with Crippen molar-refractivity contribution in [3.63, 3.8) is 0 Å². The van der Waals surface area contributed by atoms with Crippen LogP contribution in [0, 0.1) is 0 Å². The zero-order valence-electron chi connectivity index (χ0n) is 18.3. The van der Waals surface area contributed by atoms with Gasteiger partial charge in [-0.1, -0.05) is 37.3 Å². The predicted octanol–water partition coefficient (Wildman–Crippen LogP) is 5.10. The standard InChI is InChI=1S/C25H35NO3/c1-5-24(2)19-25(15-17-29-24,22-8-6-7-9-23(22)28-4)14-16-26-18-20-10-12-21(27-3)13-11-20/h6-13,26H,5,14-19H2,1-4H3/t24-,25+/m0/s1. The molecular formula is C25H35NO3. The Kier molecular flexibility index (Phi) is 7.20. The topological polar surface area (TPSA) is 39.7 Å². The number of benzene rings is 2. The summed E-state index contributed by atoms with van der Waals surface area (Å²) in [5.41, 5.74) is 2.55. The van der Waals surface area contributed by atoms with E-state index in [-0.39, 0.29) is 11.0 Å². The van der Waals surface area contributed by atoms with Crippen LogP contribution in [0.1, 0.15) is 50.7 Å². The molecule has 1 fully saturated rings. The van der Waals surface area contributed by atoms with Crippen LogP contribution in [-0.2, 0) is 16.7 Å². The lowest BCUT2D eigenvalue weighted by Gasteiger charge is -2.47. The molecule has 0 unspecified atom stereocenters. The van der Waals surface area contributed by atoms with Crippen LogP contribution < -0.4 is 14.8 Å². The summed E-state index contributed by atoms with van der Waals surface area (Å²) in [4.78, 5) is 0. The molecule has 158 valence electrons. The minimum absolute atomic E-state index is 0.0581. The van der Waals surface area contributed by atoms with E-state index in [1.807, 2.05) is 12.1 Å². The molecule has 2 atom stereocenters. The van der Waals surface area contributed by atoms with Gasteiger partial charge in [-0.3, -0.25) is 0 Å². The number of methoxy groups -OCH3 is 2. The smallest absolute Gasteiger partial charge is 0.122 e. The van der Waals surface area contributed by atoms with Crippen molar-refractivity contribution < 1.29 is 14.2 Å². The molecule has 2 aromatic carbocycles. The Morgan fingerprint density at radius 3 is 2.48 bits per heavy atom. The second-order valence-electron chi connectivity index (χ2n) is 8.33. The van der Waals surface area contributed by atoms with Crippen LogP contribution in [0.15, 0.2) is 48.5 Å². The molecule has 4 heteroatoms. The minimum atomic E-state index is -0.0882. The van der Waals surface area contributed by atoms with Gasteiger partial charge in [-0.15, -0.1) is 0 Å². The molecule has 4 nitrogen and oxygen atoms in total. The summed E-state index contributed by atoms with van der Waals surface area (Å²) in [6.45, 7) is 7.07. The van der Waals surface area contributed by atoms with E-state index >= 15 is 0 Å². The second-order valence-corrected chi connectivity index (χ2v) is 8.33. The maximum Gasteiger partial charge on any atom is 0.122 e. The Morgan fingerprint density at radius 1 is 1.03 bits per heavy atom. The second kappa shape index (κ2) is 9.64. The van der Waals surface area contributed by atoms with Crippen molar-refractivity contribution in [2.45, 2.75) is 57.1 Å². The van der Waals surface area contributed by atoms with Gasteiger partial charge in [0.05, 0.1) is 19.8 Å². The minimum Gasteiger partial charge on any atom is -0.497 e. The summed E-state index contributed by atoms with van der Waals surface area (Å²) in [6, 6.07) is 16.8. The molecule has 0 radical (unpaired) electrons.